The van der Waals surface area contributed by atoms with Crippen LogP contribution in [0, 0.1) is 17.7 Å². The van der Waals surface area contributed by atoms with Crippen LogP contribution in [0.25, 0.3) is 11.3 Å². The molecule has 3 aliphatic rings. The maximum Gasteiger partial charge on any atom is 0.148 e. The van der Waals surface area contributed by atoms with Crippen molar-refractivity contribution in [2.24, 2.45) is 11.8 Å². The second kappa shape index (κ2) is 7.60. The number of fused-ring (bicyclic) bond motifs is 1. The molecule has 1 aliphatic heterocycles. The Morgan fingerprint density at radius 1 is 1.00 bits per heavy atom. The van der Waals surface area contributed by atoms with Crippen molar-refractivity contribution in [3.63, 3.8) is 0 Å². The molecular weight excluding hydrogens is 375 g/mol. The maximum atomic E-state index is 13.5. The molecule has 1 N–H and O–H groups in total. The number of rotatable bonds is 4. The molecule has 2 aromatic rings. The molecule has 0 amide bonds. The van der Waals surface area contributed by atoms with Gasteiger partial charge in [0.15, 0.2) is 0 Å². The number of hydrogen-bond acceptors (Lipinski definition) is 4. The second-order valence-electron chi connectivity index (χ2n) is 8.65. The van der Waals surface area contributed by atoms with Gasteiger partial charge < -0.3 is 5.32 Å². The standard InChI is InChI=1S/C22H26ClFN4/c23-20-6-5-16(24)11-19(20)21-7-8-22(27-26-21)25-17-9-14-12-28(13-15(14)10-17)18-3-1-2-4-18/h5-8,11,14-15,17-18H,1-4,9-10,12-13H2,(H,25,27)/t14-,15+,17+. The van der Waals surface area contributed by atoms with Crippen molar-refractivity contribution in [2.75, 3.05) is 18.4 Å². The Labute approximate surface area is 170 Å². The molecule has 3 fully saturated rings. The van der Waals surface area contributed by atoms with Crippen molar-refractivity contribution in [3.05, 3.63) is 41.2 Å². The molecule has 2 aliphatic carbocycles. The fourth-order valence-electron chi connectivity index (χ4n) is 5.48. The summed E-state index contributed by atoms with van der Waals surface area (Å²) < 4.78 is 13.5. The van der Waals surface area contributed by atoms with Gasteiger partial charge in [0.1, 0.15) is 11.6 Å². The van der Waals surface area contributed by atoms with Crippen LogP contribution < -0.4 is 5.32 Å². The number of likely N-dealkylation sites (tertiary alicyclic amines) is 1. The van der Waals surface area contributed by atoms with Gasteiger partial charge in [0, 0.05) is 30.7 Å². The molecule has 2 heterocycles. The molecule has 6 heteroatoms. The summed E-state index contributed by atoms with van der Waals surface area (Å²) in [6.07, 6.45) is 8.06. The first-order chi connectivity index (χ1) is 13.7. The molecule has 1 aromatic carbocycles. The summed E-state index contributed by atoms with van der Waals surface area (Å²) in [5.74, 6) is 2.09. The molecule has 1 aromatic heterocycles. The molecule has 2 saturated carbocycles. The lowest BCUT2D eigenvalue weighted by molar-refractivity contribution is 0.226. The SMILES string of the molecule is Fc1ccc(Cl)c(-c2ccc(N[C@H]3C[C@@H]4CN(C5CCCC5)C[C@@H]4C3)nn2)c1. The lowest BCUT2D eigenvalue weighted by Crippen LogP contribution is -2.33. The lowest BCUT2D eigenvalue weighted by atomic mass is 10.0. The van der Waals surface area contributed by atoms with E-state index < -0.39 is 0 Å². The maximum absolute atomic E-state index is 13.5. The minimum atomic E-state index is -0.326. The predicted molar refractivity (Wildman–Crippen MR) is 110 cm³/mol. The summed E-state index contributed by atoms with van der Waals surface area (Å²) in [4.78, 5) is 2.76. The fraction of sp³-hybridized carbons (Fsp3) is 0.545. The average molecular weight is 401 g/mol. The molecule has 148 valence electrons. The highest BCUT2D eigenvalue weighted by molar-refractivity contribution is 6.33. The number of nitrogens with one attached hydrogen (secondary N) is 1. The predicted octanol–water partition coefficient (Wildman–Crippen LogP) is 5.00. The van der Waals surface area contributed by atoms with Gasteiger partial charge >= 0.3 is 0 Å². The van der Waals surface area contributed by atoms with Crippen molar-refractivity contribution in [3.8, 4) is 11.3 Å². The van der Waals surface area contributed by atoms with Gasteiger partial charge in [-0.05, 0) is 67.9 Å². The number of nitrogens with zero attached hydrogens (tertiary/aromatic N) is 3. The number of aromatic nitrogens is 2. The molecule has 0 unspecified atom stereocenters. The first kappa shape index (κ1) is 18.3. The molecule has 4 nitrogen and oxygen atoms in total. The van der Waals surface area contributed by atoms with E-state index in [4.69, 9.17) is 11.6 Å². The van der Waals surface area contributed by atoms with Crippen molar-refractivity contribution < 1.29 is 4.39 Å². The zero-order valence-corrected chi connectivity index (χ0v) is 16.7. The highest BCUT2D eigenvalue weighted by Crippen LogP contribution is 2.41. The summed E-state index contributed by atoms with van der Waals surface area (Å²) in [5.41, 5.74) is 1.16. The molecule has 5 rings (SSSR count). The van der Waals surface area contributed by atoms with Crippen molar-refractivity contribution in [1.29, 1.82) is 0 Å². The summed E-state index contributed by atoms with van der Waals surface area (Å²) in [7, 11) is 0. The molecule has 1 saturated heterocycles. The van der Waals surface area contributed by atoms with Crippen LogP contribution in [0.1, 0.15) is 38.5 Å². The van der Waals surface area contributed by atoms with Gasteiger partial charge in [-0.1, -0.05) is 24.4 Å². The van der Waals surface area contributed by atoms with Crippen LogP contribution in [0.2, 0.25) is 5.02 Å². The van der Waals surface area contributed by atoms with Crippen LogP contribution in [-0.4, -0.2) is 40.3 Å². The van der Waals surface area contributed by atoms with Crippen LogP contribution in [0.4, 0.5) is 10.2 Å². The third kappa shape index (κ3) is 3.62. The Morgan fingerprint density at radius 2 is 1.75 bits per heavy atom. The van der Waals surface area contributed by atoms with E-state index in [1.165, 1.54) is 63.7 Å². The average Bonchev–Trinajstić information content (AvgIpc) is 3.40. The van der Waals surface area contributed by atoms with Gasteiger partial charge in [0.25, 0.3) is 0 Å². The van der Waals surface area contributed by atoms with Crippen molar-refractivity contribution in [1.82, 2.24) is 15.1 Å². The Balaban J connectivity index is 1.19. The van der Waals surface area contributed by atoms with Crippen LogP contribution in [-0.2, 0) is 0 Å². The van der Waals surface area contributed by atoms with Gasteiger partial charge in [0.05, 0.1) is 10.7 Å². The lowest BCUT2D eigenvalue weighted by Gasteiger charge is -2.25. The molecular formula is C22H26ClFN4. The van der Waals surface area contributed by atoms with Crippen molar-refractivity contribution in [2.45, 2.75) is 50.6 Å². The minimum Gasteiger partial charge on any atom is -0.366 e. The third-order valence-corrected chi connectivity index (χ3v) is 7.17. The molecule has 28 heavy (non-hydrogen) atoms. The number of halogens is 2. The van der Waals surface area contributed by atoms with Gasteiger partial charge in [-0.15, -0.1) is 10.2 Å². The number of hydrogen-bond donors (Lipinski definition) is 1. The second-order valence-corrected chi connectivity index (χ2v) is 9.06. The first-order valence-electron chi connectivity index (χ1n) is 10.5. The van der Waals surface area contributed by atoms with Gasteiger partial charge in [-0.25, -0.2) is 4.39 Å². The van der Waals surface area contributed by atoms with E-state index in [1.807, 2.05) is 12.1 Å². The fourth-order valence-corrected chi connectivity index (χ4v) is 5.69. The van der Waals surface area contributed by atoms with E-state index in [1.54, 1.807) is 6.07 Å². The van der Waals surface area contributed by atoms with Crippen LogP contribution in [0.3, 0.4) is 0 Å². The quantitative estimate of drug-likeness (QED) is 0.783. The summed E-state index contributed by atoms with van der Waals surface area (Å²) in [5, 5.41) is 12.6. The van der Waals surface area contributed by atoms with Crippen LogP contribution in [0.5, 0.6) is 0 Å². The molecule has 0 radical (unpaired) electrons. The number of benzene rings is 1. The molecule has 0 spiro atoms. The monoisotopic (exact) mass is 400 g/mol. The largest absolute Gasteiger partial charge is 0.366 e. The smallest absolute Gasteiger partial charge is 0.148 e. The summed E-state index contributed by atoms with van der Waals surface area (Å²) in [6.45, 7) is 2.55. The normalized spacial score (nSPS) is 28.0. The minimum absolute atomic E-state index is 0.326. The molecule has 3 atom stereocenters. The van der Waals surface area contributed by atoms with E-state index in [-0.39, 0.29) is 5.82 Å². The summed E-state index contributed by atoms with van der Waals surface area (Å²) >= 11 is 6.17. The third-order valence-electron chi connectivity index (χ3n) is 6.84. The van der Waals surface area contributed by atoms with E-state index in [0.29, 0.717) is 22.3 Å². The Kier molecular flexibility index (Phi) is 4.97. The van der Waals surface area contributed by atoms with E-state index in [2.05, 4.69) is 20.4 Å². The van der Waals surface area contributed by atoms with Gasteiger partial charge in [-0.3, -0.25) is 4.90 Å². The van der Waals surface area contributed by atoms with Gasteiger partial charge in [-0.2, -0.15) is 0 Å². The topological polar surface area (TPSA) is 41.0 Å². The van der Waals surface area contributed by atoms with E-state index in [9.17, 15) is 4.39 Å². The Bertz CT molecular complexity index is 823. The van der Waals surface area contributed by atoms with Crippen LogP contribution in [0.15, 0.2) is 30.3 Å². The zero-order valence-electron chi connectivity index (χ0n) is 16.0. The molecule has 0 bridgehead atoms. The Morgan fingerprint density at radius 3 is 2.43 bits per heavy atom. The van der Waals surface area contributed by atoms with Gasteiger partial charge in [0.2, 0.25) is 0 Å². The number of anilines is 1. The Hall–Kier alpha value is -1.72. The highest BCUT2D eigenvalue weighted by Gasteiger charge is 2.43. The summed E-state index contributed by atoms with van der Waals surface area (Å²) in [6, 6.07) is 9.39. The van der Waals surface area contributed by atoms with Crippen LogP contribution >= 0.6 is 11.6 Å². The van der Waals surface area contributed by atoms with E-state index >= 15 is 0 Å². The first-order valence-corrected chi connectivity index (χ1v) is 10.8. The van der Waals surface area contributed by atoms with Crippen molar-refractivity contribution >= 4 is 17.4 Å². The highest BCUT2D eigenvalue weighted by atomic mass is 35.5. The van der Waals surface area contributed by atoms with E-state index in [0.717, 1.165) is 23.7 Å². The zero-order chi connectivity index (χ0) is 19.1.